The summed E-state index contributed by atoms with van der Waals surface area (Å²) in [4.78, 5) is 30.1. The van der Waals surface area contributed by atoms with Crippen LogP contribution in [-0.4, -0.2) is 29.0 Å². The molecule has 2 aromatic rings. The van der Waals surface area contributed by atoms with Gasteiger partial charge in [0.1, 0.15) is 0 Å². The van der Waals surface area contributed by atoms with Gasteiger partial charge in [-0.25, -0.2) is 13.8 Å². The summed E-state index contributed by atoms with van der Waals surface area (Å²) in [5.41, 5.74) is 0.655. The zero-order valence-electron chi connectivity index (χ0n) is 17.2. The van der Waals surface area contributed by atoms with Crippen LogP contribution in [0.2, 0.25) is 0 Å². The Labute approximate surface area is 174 Å². The number of hydrogen-bond donors (Lipinski definition) is 2. The first kappa shape index (κ1) is 21.9. The summed E-state index contributed by atoms with van der Waals surface area (Å²) in [6.45, 7) is 2.02. The lowest BCUT2D eigenvalue weighted by Gasteiger charge is -2.34. The molecular weight excluding hydrogens is 392 g/mol. The van der Waals surface area contributed by atoms with E-state index in [1.165, 1.54) is 31.6 Å². The van der Waals surface area contributed by atoms with Crippen molar-refractivity contribution in [3.8, 4) is 5.88 Å². The van der Waals surface area contributed by atoms with E-state index < -0.39 is 6.43 Å². The van der Waals surface area contributed by atoms with Gasteiger partial charge in [0.25, 0.3) is 12.3 Å². The quantitative estimate of drug-likeness (QED) is 0.705. The molecule has 0 saturated heterocycles. The molecule has 1 saturated carbocycles. The third kappa shape index (κ3) is 4.86. The highest BCUT2D eigenvalue weighted by Gasteiger charge is 2.32. The highest BCUT2D eigenvalue weighted by molar-refractivity contribution is 5.94. The molecule has 1 aliphatic rings. The van der Waals surface area contributed by atoms with Gasteiger partial charge in [-0.3, -0.25) is 9.59 Å². The molecule has 0 aliphatic heterocycles. The number of carbonyl (C=O) groups excluding carboxylic acids is 1. The average Bonchev–Trinajstić information content (AvgIpc) is 2.77. The molecule has 2 N–H and O–H groups in total. The van der Waals surface area contributed by atoms with Crippen LogP contribution in [0, 0.1) is 5.92 Å². The van der Waals surface area contributed by atoms with E-state index >= 15 is 0 Å². The van der Waals surface area contributed by atoms with Crippen LogP contribution < -0.4 is 15.6 Å². The summed E-state index contributed by atoms with van der Waals surface area (Å²) in [6, 6.07) is 4.49. The van der Waals surface area contributed by atoms with E-state index in [9.17, 15) is 18.4 Å². The van der Waals surface area contributed by atoms with Crippen molar-refractivity contribution in [3.05, 3.63) is 57.6 Å². The van der Waals surface area contributed by atoms with Crippen molar-refractivity contribution >= 4 is 5.91 Å². The topological polar surface area (TPSA) is 84.1 Å². The Kier molecular flexibility index (Phi) is 7.18. The van der Waals surface area contributed by atoms with Crippen LogP contribution in [0.1, 0.15) is 72.9 Å². The molecule has 8 heteroatoms. The number of amides is 1. The minimum absolute atomic E-state index is 0.00748. The number of alkyl halides is 2. The van der Waals surface area contributed by atoms with Crippen molar-refractivity contribution in [2.75, 3.05) is 7.11 Å². The van der Waals surface area contributed by atoms with Gasteiger partial charge in [0.15, 0.2) is 0 Å². The van der Waals surface area contributed by atoms with E-state index in [1.54, 1.807) is 6.07 Å². The van der Waals surface area contributed by atoms with Crippen LogP contribution in [0.25, 0.3) is 0 Å². The van der Waals surface area contributed by atoms with E-state index in [2.05, 4.69) is 15.3 Å². The van der Waals surface area contributed by atoms with Crippen LogP contribution >= 0.6 is 0 Å². The summed E-state index contributed by atoms with van der Waals surface area (Å²) >= 11 is 0. The minimum Gasteiger partial charge on any atom is -0.481 e. The Morgan fingerprint density at radius 3 is 2.57 bits per heavy atom. The molecule has 0 radical (unpaired) electrons. The molecule has 1 atom stereocenters. The van der Waals surface area contributed by atoms with Crippen LogP contribution in [0.4, 0.5) is 8.78 Å². The smallest absolute Gasteiger partial charge is 0.269 e. The van der Waals surface area contributed by atoms with Gasteiger partial charge >= 0.3 is 0 Å². The van der Waals surface area contributed by atoms with Gasteiger partial charge in [-0.05, 0) is 61.6 Å². The van der Waals surface area contributed by atoms with E-state index in [4.69, 9.17) is 4.74 Å². The lowest BCUT2D eigenvalue weighted by atomic mass is 9.74. The van der Waals surface area contributed by atoms with Crippen molar-refractivity contribution in [1.82, 2.24) is 15.3 Å². The van der Waals surface area contributed by atoms with Crippen molar-refractivity contribution < 1.29 is 18.3 Å². The third-order valence-corrected chi connectivity index (χ3v) is 5.98. The summed E-state index contributed by atoms with van der Waals surface area (Å²) in [6.07, 6.45) is 4.27. The van der Waals surface area contributed by atoms with Gasteiger partial charge < -0.3 is 15.0 Å². The lowest BCUT2D eigenvalue weighted by molar-refractivity contribution is 0.0908. The first-order valence-electron chi connectivity index (χ1n) is 10.2. The lowest BCUT2D eigenvalue weighted by Crippen LogP contribution is -2.41. The number of nitrogens with zero attached hydrogens (tertiary/aromatic N) is 1. The fraction of sp³-hybridized carbons (Fsp3) is 0.500. The Balaban J connectivity index is 1.66. The Morgan fingerprint density at radius 1 is 1.27 bits per heavy atom. The molecule has 2 aromatic heterocycles. The predicted molar refractivity (Wildman–Crippen MR) is 109 cm³/mol. The molecule has 1 amide bonds. The zero-order valence-corrected chi connectivity index (χ0v) is 17.2. The minimum atomic E-state index is -2.64. The maximum atomic E-state index is 13.6. The summed E-state index contributed by atoms with van der Waals surface area (Å²) in [7, 11) is 1.35. The first-order valence-corrected chi connectivity index (χ1v) is 10.2. The summed E-state index contributed by atoms with van der Waals surface area (Å²) in [5.74, 6) is 0.0644. The second kappa shape index (κ2) is 9.82. The van der Waals surface area contributed by atoms with Gasteiger partial charge in [0, 0.05) is 24.5 Å². The Morgan fingerprint density at radius 2 is 2.00 bits per heavy atom. The molecule has 1 unspecified atom stereocenters. The number of aromatic amines is 1. The van der Waals surface area contributed by atoms with Crippen molar-refractivity contribution in [2.24, 2.45) is 5.92 Å². The molecule has 30 heavy (non-hydrogen) atoms. The van der Waals surface area contributed by atoms with Crippen molar-refractivity contribution in [3.63, 3.8) is 0 Å². The number of aromatic nitrogens is 2. The number of rotatable bonds is 7. The van der Waals surface area contributed by atoms with E-state index in [0.29, 0.717) is 11.1 Å². The second-order valence-electron chi connectivity index (χ2n) is 7.67. The number of pyridine rings is 2. The molecule has 6 nitrogen and oxygen atoms in total. The molecule has 1 aliphatic carbocycles. The fourth-order valence-electron chi connectivity index (χ4n) is 4.40. The summed E-state index contributed by atoms with van der Waals surface area (Å²) in [5, 5.41) is 3.06. The molecule has 0 bridgehead atoms. The number of halogens is 2. The average molecular weight is 419 g/mol. The van der Waals surface area contributed by atoms with E-state index in [1.807, 2.05) is 6.92 Å². The Bertz CT molecular complexity index is 904. The monoisotopic (exact) mass is 419 g/mol. The maximum Gasteiger partial charge on any atom is 0.269 e. The van der Waals surface area contributed by atoms with Crippen LogP contribution in [0.3, 0.4) is 0 Å². The number of ether oxygens (including phenoxy) is 1. The normalized spacial score (nSPS) is 20.0. The van der Waals surface area contributed by atoms with E-state index in [0.717, 1.165) is 32.1 Å². The van der Waals surface area contributed by atoms with E-state index in [-0.39, 0.29) is 40.8 Å². The van der Waals surface area contributed by atoms with Gasteiger partial charge in [0.2, 0.25) is 11.4 Å². The number of nitrogens with one attached hydrogen (secondary N) is 2. The van der Waals surface area contributed by atoms with Crippen LogP contribution in [0.5, 0.6) is 5.88 Å². The summed E-state index contributed by atoms with van der Waals surface area (Å²) < 4.78 is 32.3. The maximum absolute atomic E-state index is 13.6. The van der Waals surface area contributed by atoms with Crippen molar-refractivity contribution in [1.29, 1.82) is 0 Å². The van der Waals surface area contributed by atoms with Gasteiger partial charge in [0.05, 0.1) is 18.2 Å². The highest BCUT2D eigenvalue weighted by atomic mass is 19.3. The van der Waals surface area contributed by atoms with Crippen molar-refractivity contribution in [2.45, 2.75) is 57.4 Å². The molecule has 2 heterocycles. The second-order valence-corrected chi connectivity index (χ2v) is 7.67. The first-order chi connectivity index (χ1) is 14.4. The van der Waals surface area contributed by atoms with Gasteiger partial charge in [-0.2, -0.15) is 0 Å². The largest absolute Gasteiger partial charge is 0.481 e. The molecule has 1 fully saturated rings. The number of methoxy groups -OCH3 is 1. The highest BCUT2D eigenvalue weighted by Crippen LogP contribution is 2.42. The number of H-pyrrole nitrogens is 1. The van der Waals surface area contributed by atoms with Gasteiger partial charge in [-0.15, -0.1) is 0 Å². The predicted octanol–water partition coefficient (Wildman–Crippen LogP) is 4.20. The zero-order chi connectivity index (χ0) is 21.7. The van der Waals surface area contributed by atoms with Crippen LogP contribution in [0.15, 0.2) is 35.4 Å². The molecule has 162 valence electrons. The molecule has 0 spiro atoms. The standard InChI is InChI=1S/C22H27F2N3O3/c1-3-17(27-21(29)15-8-9-18(28)26-12-15)14-6-4-13(5-7-14)16-10-11-25-22(30-2)19(16)20(23)24/h8-14,17,20H,3-7H2,1-2H3,(H,26,28)(H,27,29). The molecule has 0 aromatic carbocycles. The van der Waals surface area contributed by atoms with Gasteiger partial charge in [-0.1, -0.05) is 6.92 Å². The fourth-order valence-corrected chi connectivity index (χ4v) is 4.40. The molecule has 3 rings (SSSR count). The Hall–Kier alpha value is -2.77. The number of hydrogen-bond acceptors (Lipinski definition) is 4. The SMILES string of the molecule is CCC(NC(=O)c1ccc(=O)[nH]c1)C1CCC(c2ccnc(OC)c2C(F)F)CC1. The number of carbonyl (C=O) groups is 1. The molecular formula is C22H27F2N3O3. The third-order valence-electron chi connectivity index (χ3n) is 5.98. The van der Waals surface area contributed by atoms with Crippen LogP contribution in [-0.2, 0) is 0 Å².